The Kier molecular flexibility index (Phi) is 18.9. The van der Waals surface area contributed by atoms with Crippen molar-refractivity contribution in [2.45, 2.75) is 0 Å². The fraction of sp³-hybridized carbons (Fsp3) is 0. The predicted octanol–water partition coefficient (Wildman–Crippen LogP) is 39.9. The van der Waals surface area contributed by atoms with E-state index in [4.69, 9.17) is 11.6 Å². The Bertz CT molecular complexity index is 10500. The van der Waals surface area contributed by atoms with Gasteiger partial charge in [0.15, 0.2) is 5.69 Å². The molecule has 0 saturated carbocycles. The first kappa shape index (κ1) is 84.3. The van der Waals surface area contributed by atoms with Crippen LogP contribution < -0.4 is 14.7 Å². The molecule has 31 aromatic carbocycles. The van der Waals surface area contributed by atoms with E-state index < -0.39 is 0 Å². The first-order chi connectivity index (χ1) is 73.6. The lowest BCUT2D eigenvalue weighted by molar-refractivity contribution is 1.30. The molecule has 1 aromatic heterocycles. The zero-order valence-electron chi connectivity index (χ0n) is 80.4. The van der Waals surface area contributed by atoms with Crippen LogP contribution in [0.3, 0.4) is 0 Å². The lowest BCUT2D eigenvalue weighted by Crippen LogP contribution is -2.11. The molecule has 1 heterocycles. The molecule has 0 unspecified atom stereocenters. The molecule has 0 saturated heterocycles. The number of fused-ring (bicyclic) bond motifs is 2. The van der Waals surface area contributed by atoms with Crippen molar-refractivity contribution in [2.24, 2.45) is 0 Å². The van der Waals surface area contributed by atoms with Gasteiger partial charge in [0.25, 0.3) is 0 Å². The van der Waals surface area contributed by atoms with Crippen molar-refractivity contribution >= 4 is 272 Å². The quantitative estimate of drug-likeness (QED) is 0.0896. The Hall–Kier alpha value is -20.4. The third kappa shape index (κ3) is 13.7. The summed E-state index contributed by atoms with van der Waals surface area (Å²) in [6.07, 6.45) is 1.88. The summed E-state index contributed by atoms with van der Waals surface area (Å²) in [4.78, 5) is 15.5. The van der Waals surface area contributed by atoms with Gasteiger partial charge in [-0.05, 0) is 385 Å². The molecule has 7 heteroatoms. The van der Waals surface area contributed by atoms with E-state index in [1.54, 1.807) is 6.07 Å². The minimum atomic E-state index is 0.439. The first-order valence-corrected chi connectivity index (χ1v) is 50.6. The second-order valence-electron chi connectivity index (χ2n) is 39.8. The zero-order valence-corrected chi connectivity index (χ0v) is 80.4. The molecule has 7 nitrogen and oxygen atoms in total. The highest BCUT2D eigenvalue weighted by molar-refractivity contribution is 6.32. The Balaban J connectivity index is 0.000000104. The zero-order chi connectivity index (χ0) is 98.3. The minimum absolute atomic E-state index is 0.439. The van der Waals surface area contributed by atoms with Gasteiger partial charge in [-0.25, -0.2) is 4.85 Å². The van der Waals surface area contributed by atoms with Crippen molar-refractivity contribution in [2.75, 3.05) is 14.7 Å². The van der Waals surface area contributed by atoms with Gasteiger partial charge < -0.3 is 14.7 Å². The van der Waals surface area contributed by atoms with Gasteiger partial charge >= 0.3 is 0 Å². The molecule has 0 aliphatic heterocycles. The summed E-state index contributed by atoms with van der Waals surface area (Å²) in [7, 11) is 0. The number of hydrogen-bond acceptors (Lipinski definition) is 6. The third-order valence-electron chi connectivity index (χ3n) is 31.3. The molecule has 0 spiro atoms. The van der Waals surface area contributed by atoms with Gasteiger partial charge in [-0.3, -0.25) is 4.98 Å². The van der Waals surface area contributed by atoms with Crippen LogP contribution in [-0.2, 0) is 0 Å². The van der Waals surface area contributed by atoms with E-state index in [1.807, 2.05) is 36.5 Å². The molecule has 149 heavy (non-hydrogen) atoms. The molecule has 684 valence electrons. The molecule has 32 aromatic rings. The van der Waals surface area contributed by atoms with E-state index in [0.717, 1.165) is 94.4 Å². The van der Waals surface area contributed by atoms with E-state index in [-0.39, 0.29) is 0 Å². The van der Waals surface area contributed by atoms with Crippen molar-refractivity contribution in [1.29, 1.82) is 10.5 Å². The minimum Gasteiger partial charge on any atom is -0.312 e. The Morgan fingerprint density at radius 3 is 0.758 bits per heavy atom. The SMILES string of the molecule is N#Cc1ccc(N(c2cc3ccc4cccc5ccc(c2)c3c45)c2cc3ccc4cc(-c5ccccc5)cc5ccc(c2)c3c45)c2ccccc12.[C-]#[N+]c1cc(C#N)cc(N(c2cc3ccc4cccc5ccc(c2)c3c45)c2cc3ccc4cccc5ccc(c2)c3c45)c1.c1ccc(-c2cc3ccc4cc(N(c5cc6ccc7cc(-c8ccccc8)cc8ccc(c5)c6c78)c5ccc6cccnc6c5)cc5ccc(c2)c3c45)cc1. The van der Waals surface area contributed by atoms with Crippen LogP contribution in [0.4, 0.5) is 56.9 Å². The van der Waals surface area contributed by atoms with Gasteiger partial charge in [-0.15, -0.1) is 0 Å². The van der Waals surface area contributed by atoms with E-state index in [0.29, 0.717) is 16.8 Å². The Labute approximate surface area is 856 Å². The predicted molar refractivity (Wildman–Crippen MR) is 630 cm³/mol. The highest BCUT2D eigenvalue weighted by atomic mass is 15.2. The number of aromatic nitrogens is 1. The highest BCUT2D eigenvalue weighted by Crippen LogP contribution is 2.53. The smallest absolute Gasteiger partial charge is 0.190 e. The molecule has 0 amide bonds. The van der Waals surface area contributed by atoms with Gasteiger partial charge in [-0.1, -0.05) is 328 Å². The van der Waals surface area contributed by atoms with E-state index in [9.17, 15) is 10.5 Å². The molecule has 0 bridgehead atoms. The summed E-state index contributed by atoms with van der Waals surface area (Å²) in [5.41, 5.74) is 19.2. The Morgan fingerprint density at radius 2 is 0.450 bits per heavy atom. The molecule has 0 radical (unpaired) electrons. The summed E-state index contributed by atoms with van der Waals surface area (Å²) < 4.78 is 0. The second-order valence-corrected chi connectivity index (χ2v) is 39.8. The summed E-state index contributed by atoms with van der Waals surface area (Å²) in [6, 6.07) is 180. The molecule has 0 atom stereocenters. The molecule has 32 rings (SSSR count). The lowest BCUT2D eigenvalue weighted by Gasteiger charge is -2.29. The lowest BCUT2D eigenvalue weighted by atomic mass is 9.90. The van der Waals surface area contributed by atoms with Crippen LogP contribution in [0.2, 0.25) is 0 Å². The van der Waals surface area contributed by atoms with Gasteiger partial charge in [-0.2, -0.15) is 10.5 Å². The maximum Gasteiger partial charge on any atom is 0.190 e. The van der Waals surface area contributed by atoms with Crippen molar-refractivity contribution < 1.29 is 0 Å². The number of rotatable bonds is 12. The summed E-state index contributed by atoms with van der Waals surface area (Å²) in [5.74, 6) is 0. The molecule has 0 aliphatic carbocycles. The van der Waals surface area contributed by atoms with Crippen LogP contribution in [0.25, 0.3) is 254 Å². The average molecular weight is 1890 g/mol. The maximum atomic E-state index is 10.1. The standard InChI is InChI=1S/C53H32N2.C49H28N2.C40H21N3/c1-3-8-33(9-4-1)44-24-36-13-17-40-28-47(29-41-18-14-37(25-44)50(36)52(40)41)55(46-22-21-35-12-7-23-54-49(35)32-46)48-30-42-19-15-38-26-45(34-10-5-2-6-11-34)27-39-16-20-43(31-48)53(42)51(38)39;50-29-39-21-22-45(44-12-5-4-11-43(39)44)51(41-25-35-15-13-31-9-6-10-32-14-16-36(26-41)48(35)46(31)32)42-27-37-19-17-33-23-40(30-7-2-1-3-8-30)24-34-18-20-38(28-42)49(37)47(33)34;1-42-33-16-24(23-41)17-34(22-33)43(35-18-29-12-8-25-4-2-5-26-9-13-30(19-35)39(29)37(25)26)36-20-31-14-10-27-6-3-7-28-11-15-32(21-36)40(31)38(27)28/h1-32H;1-28H;2-22H. The number of anilines is 9. The molecule has 0 aliphatic rings. The Morgan fingerprint density at radius 1 is 0.188 bits per heavy atom. The summed E-state index contributed by atoms with van der Waals surface area (Å²) in [6.45, 7) is 7.75. The average Bonchev–Trinajstić information content (AvgIpc) is 0.707. The largest absolute Gasteiger partial charge is 0.312 e. The van der Waals surface area contributed by atoms with E-state index in [2.05, 4.69) is 481 Å². The molecule has 0 fully saturated rings. The third-order valence-corrected chi connectivity index (χ3v) is 31.3. The van der Waals surface area contributed by atoms with E-state index >= 15 is 0 Å². The van der Waals surface area contributed by atoms with Crippen LogP contribution in [0, 0.1) is 29.2 Å². The van der Waals surface area contributed by atoms with Crippen LogP contribution in [0.15, 0.2) is 492 Å². The van der Waals surface area contributed by atoms with Gasteiger partial charge in [0, 0.05) is 73.4 Å². The van der Waals surface area contributed by atoms with Gasteiger partial charge in [0.1, 0.15) is 0 Å². The number of benzene rings is 31. The fourth-order valence-electron chi connectivity index (χ4n) is 24.8. The first-order valence-electron chi connectivity index (χ1n) is 50.6. The van der Waals surface area contributed by atoms with Crippen molar-refractivity contribution in [1.82, 2.24) is 4.98 Å². The van der Waals surface area contributed by atoms with Crippen molar-refractivity contribution in [3.8, 4) is 45.5 Å². The normalized spacial score (nSPS) is 11.9. The number of nitriles is 2. The van der Waals surface area contributed by atoms with Gasteiger partial charge in [0.2, 0.25) is 0 Å². The van der Waals surface area contributed by atoms with Crippen LogP contribution in [-0.4, -0.2) is 4.98 Å². The summed E-state index contributed by atoms with van der Waals surface area (Å²) in [5, 5.41) is 67.9. The molecule has 0 N–H and O–H groups in total. The second kappa shape index (κ2) is 33.4. The number of hydrogen-bond donors (Lipinski definition) is 0. The van der Waals surface area contributed by atoms with Crippen LogP contribution >= 0.6 is 0 Å². The van der Waals surface area contributed by atoms with Crippen LogP contribution in [0.5, 0.6) is 0 Å². The van der Waals surface area contributed by atoms with Crippen LogP contribution in [0.1, 0.15) is 11.1 Å². The topological polar surface area (TPSA) is 74.6 Å². The summed E-state index contributed by atoms with van der Waals surface area (Å²) >= 11 is 0. The monoisotopic (exact) mass is 1880 g/mol. The number of pyridine rings is 1. The number of nitrogens with zero attached hydrogens (tertiary/aromatic N) is 7. The van der Waals surface area contributed by atoms with Crippen molar-refractivity contribution in [3.63, 3.8) is 0 Å². The van der Waals surface area contributed by atoms with Gasteiger partial charge in [0.05, 0.1) is 35.5 Å². The molecular formula is C142H81N7. The molecular weight excluding hydrogens is 1800 g/mol. The fourth-order valence-corrected chi connectivity index (χ4v) is 24.8. The maximum absolute atomic E-state index is 10.1. The van der Waals surface area contributed by atoms with Crippen molar-refractivity contribution in [3.05, 3.63) is 514 Å². The highest BCUT2D eigenvalue weighted by Gasteiger charge is 2.28. The van der Waals surface area contributed by atoms with E-state index in [1.165, 1.54) is 206 Å².